The lowest BCUT2D eigenvalue weighted by Gasteiger charge is -2.36. The van der Waals surface area contributed by atoms with Gasteiger partial charge in [-0.2, -0.15) is 5.26 Å². The lowest BCUT2D eigenvalue weighted by molar-refractivity contribution is 0.0936. The van der Waals surface area contributed by atoms with Crippen LogP contribution in [0.15, 0.2) is 66.9 Å². The van der Waals surface area contributed by atoms with Gasteiger partial charge >= 0.3 is 0 Å². The molecule has 182 valence electrons. The van der Waals surface area contributed by atoms with E-state index < -0.39 is 0 Å². The van der Waals surface area contributed by atoms with E-state index in [1.165, 1.54) is 5.56 Å². The van der Waals surface area contributed by atoms with Crippen LogP contribution in [0.1, 0.15) is 17.2 Å². The molecule has 2 aromatic carbocycles. The number of piperazine rings is 1. The van der Waals surface area contributed by atoms with Crippen LogP contribution in [0.5, 0.6) is 0 Å². The molecule has 8 nitrogen and oxygen atoms in total. The molecule has 2 aliphatic heterocycles. The average Bonchev–Trinajstić information content (AvgIpc) is 3.37. The first kappa shape index (κ1) is 22.5. The summed E-state index contributed by atoms with van der Waals surface area (Å²) in [5, 5.41) is 15.0. The third kappa shape index (κ3) is 4.17. The summed E-state index contributed by atoms with van der Waals surface area (Å²) in [6, 6.07) is 23.1. The van der Waals surface area contributed by atoms with Gasteiger partial charge in [-0.15, -0.1) is 5.10 Å². The van der Waals surface area contributed by atoms with Gasteiger partial charge in [0.25, 0.3) is 0 Å². The molecule has 8 heteroatoms. The SMILES string of the molecule is CN1CCN(c2ccc(-c3cnc4ccc(N5CCOCC5c5ccccc5)nn34)cc2C#N)CC1. The van der Waals surface area contributed by atoms with Crippen molar-refractivity contribution in [3.8, 4) is 17.3 Å². The molecule has 0 amide bonds. The van der Waals surface area contributed by atoms with Crippen LogP contribution < -0.4 is 9.80 Å². The quantitative estimate of drug-likeness (QED) is 0.443. The van der Waals surface area contributed by atoms with Crippen LogP contribution in [0.25, 0.3) is 16.9 Å². The minimum Gasteiger partial charge on any atom is -0.377 e. The summed E-state index contributed by atoms with van der Waals surface area (Å²) in [4.78, 5) is 11.5. The molecule has 6 rings (SSSR count). The van der Waals surface area contributed by atoms with Gasteiger partial charge < -0.3 is 19.4 Å². The Kier molecular flexibility index (Phi) is 6.01. The number of fused-ring (bicyclic) bond motifs is 1. The topological polar surface area (TPSA) is 72.9 Å². The molecule has 1 unspecified atom stereocenters. The van der Waals surface area contributed by atoms with E-state index in [1.807, 2.05) is 35.0 Å². The van der Waals surface area contributed by atoms with Gasteiger partial charge in [-0.3, -0.25) is 0 Å². The maximum atomic E-state index is 9.94. The summed E-state index contributed by atoms with van der Waals surface area (Å²) in [5.41, 5.74) is 5.47. The second-order valence-corrected chi connectivity index (χ2v) is 9.43. The van der Waals surface area contributed by atoms with Crippen LogP contribution in [0.2, 0.25) is 0 Å². The number of rotatable bonds is 4. The summed E-state index contributed by atoms with van der Waals surface area (Å²) in [5.74, 6) is 0.883. The van der Waals surface area contributed by atoms with E-state index in [2.05, 4.69) is 69.2 Å². The van der Waals surface area contributed by atoms with Gasteiger partial charge in [-0.25, -0.2) is 9.50 Å². The van der Waals surface area contributed by atoms with Crippen molar-refractivity contribution >= 4 is 17.2 Å². The Labute approximate surface area is 210 Å². The van der Waals surface area contributed by atoms with Crippen molar-refractivity contribution in [2.75, 3.05) is 62.8 Å². The number of ether oxygens (including phenoxy) is 1. The van der Waals surface area contributed by atoms with E-state index in [4.69, 9.17) is 9.84 Å². The number of nitriles is 1. The monoisotopic (exact) mass is 479 g/mol. The maximum Gasteiger partial charge on any atom is 0.154 e. The number of nitrogens with zero attached hydrogens (tertiary/aromatic N) is 7. The van der Waals surface area contributed by atoms with E-state index in [1.54, 1.807) is 0 Å². The Morgan fingerprint density at radius 2 is 1.81 bits per heavy atom. The molecule has 2 fully saturated rings. The molecular weight excluding hydrogens is 450 g/mol. The molecule has 0 radical (unpaired) electrons. The van der Waals surface area contributed by atoms with Crippen molar-refractivity contribution in [2.45, 2.75) is 6.04 Å². The van der Waals surface area contributed by atoms with Gasteiger partial charge in [0.2, 0.25) is 0 Å². The number of hydrogen-bond acceptors (Lipinski definition) is 7. The first-order valence-corrected chi connectivity index (χ1v) is 12.4. The number of imidazole rings is 1. The van der Waals surface area contributed by atoms with Crippen LogP contribution in [0.3, 0.4) is 0 Å². The molecule has 36 heavy (non-hydrogen) atoms. The number of anilines is 2. The third-order valence-electron chi connectivity index (χ3n) is 7.21. The van der Waals surface area contributed by atoms with Crippen molar-refractivity contribution in [1.82, 2.24) is 19.5 Å². The third-order valence-corrected chi connectivity index (χ3v) is 7.21. The van der Waals surface area contributed by atoms with Gasteiger partial charge in [0.15, 0.2) is 5.65 Å². The van der Waals surface area contributed by atoms with Crippen LogP contribution in [-0.2, 0) is 4.74 Å². The zero-order valence-electron chi connectivity index (χ0n) is 20.4. The van der Waals surface area contributed by atoms with Crippen molar-refractivity contribution in [3.05, 3.63) is 78.0 Å². The van der Waals surface area contributed by atoms with Crippen LogP contribution >= 0.6 is 0 Å². The fraction of sp³-hybridized carbons (Fsp3) is 0.321. The van der Waals surface area contributed by atoms with Gasteiger partial charge in [-0.05, 0) is 36.9 Å². The van der Waals surface area contributed by atoms with Crippen molar-refractivity contribution in [2.24, 2.45) is 0 Å². The van der Waals surface area contributed by atoms with Crippen molar-refractivity contribution < 1.29 is 4.74 Å². The Balaban J connectivity index is 1.35. The Hall–Kier alpha value is -3.93. The second kappa shape index (κ2) is 9.61. The fourth-order valence-corrected chi connectivity index (χ4v) is 5.15. The lowest BCUT2D eigenvalue weighted by atomic mass is 10.0. The highest BCUT2D eigenvalue weighted by Crippen LogP contribution is 2.31. The highest BCUT2D eigenvalue weighted by atomic mass is 16.5. The molecule has 1 atom stereocenters. The van der Waals surface area contributed by atoms with Gasteiger partial charge in [-0.1, -0.05) is 36.4 Å². The molecule has 0 bridgehead atoms. The average molecular weight is 480 g/mol. The molecule has 0 aliphatic carbocycles. The largest absolute Gasteiger partial charge is 0.377 e. The smallest absolute Gasteiger partial charge is 0.154 e. The van der Waals surface area contributed by atoms with Gasteiger partial charge in [0.1, 0.15) is 11.9 Å². The highest BCUT2D eigenvalue weighted by Gasteiger charge is 2.26. The Bertz CT molecular complexity index is 1400. The standard InChI is InChI=1S/C28H29N7O/c1-32-11-13-33(14-12-32)24-8-7-22(17-23(24)18-29)25-19-30-27-9-10-28(31-35(25)27)34-15-16-36-20-26(34)21-5-3-2-4-6-21/h2-10,17,19,26H,11-16,20H2,1H3. The summed E-state index contributed by atoms with van der Waals surface area (Å²) in [7, 11) is 2.14. The number of benzene rings is 2. The zero-order valence-corrected chi connectivity index (χ0v) is 20.4. The van der Waals surface area contributed by atoms with Crippen LogP contribution in [0.4, 0.5) is 11.5 Å². The molecule has 2 aliphatic rings. The first-order chi connectivity index (χ1) is 17.7. The van der Waals surface area contributed by atoms with E-state index in [0.717, 1.165) is 61.1 Å². The normalized spacial score (nSPS) is 18.9. The predicted octanol–water partition coefficient (Wildman–Crippen LogP) is 3.60. The number of aromatic nitrogens is 3. The molecule has 0 spiro atoms. The minimum atomic E-state index is 0.102. The number of likely N-dealkylation sites (N-methyl/N-ethyl adjacent to an activating group) is 1. The minimum absolute atomic E-state index is 0.102. The first-order valence-electron chi connectivity index (χ1n) is 12.4. The maximum absolute atomic E-state index is 9.94. The fourth-order valence-electron chi connectivity index (χ4n) is 5.15. The molecule has 2 aromatic heterocycles. The summed E-state index contributed by atoms with van der Waals surface area (Å²) >= 11 is 0. The van der Waals surface area contributed by atoms with E-state index in [9.17, 15) is 5.26 Å². The molecule has 2 saturated heterocycles. The molecule has 0 N–H and O–H groups in total. The molecular formula is C28H29N7O. The van der Waals surface area contributed by atoms with E-state index >= 15 is 0 Å². The van der Waals surface area contributed by atoms with Crippen molar-refractivity contribution in [3.63, 3.8) is 0 Å². The molecule has 4 heterocycles. The Morgan fingerprint density at radius 3 is 2.61 bits per heavy atom. The second-order valence-electron chi connectivity index (χ2n) is 9.43. The summed E-state index contributed by atoms with van der Waals surface area (Å²) < 4.78 is 7.71. The Morgan fingerprint density at radius 1 is 0.972 bits per heavy atom. The van der Waals surface area contributed by atoms with E-state index in [0.29, 0.717) is 18.8 Å². The van der Waals surface area contributed by atoms with Gasteiger partial charge in [0, 0.05) is 38.3 Å². The van der Waals surface area contributed by atoms with Crippen LogP contribution in [0, 0.1) is 11.3 Å². The lowest BCUT2D eigenvalue weighted by Crippen LogP contribution is -2.44. The molecule has 4 aromatic rings. The van der Waals surface area contributed by atoms with Crippen molar-refractivity contribution in [1.29, 1.82) is 5.26 Å². The summed E-state index contributed by atoms with van der Waals surface area (Å²) in [6.07, 6.45) is 1.84. The number of morpholine rings is 1. The molecule has 0 saturated carbocycles. The predicted molar refractivity (Wildman–Crippen MR) is 140 cm³/mol. The number of hydrogen-bond donors (Lipinski definition) is 0. The van der Waals surface area contributed by atoms with Gasteiger partial charge in [0.05, 0.1) is 42.4 Å². The summed E-state index contributed by atoms with van der Waals surface area (Å²) in [6.45, 7) is 5.90. The van der Waals surface area contributed by atoms with E-state index in [-0.39, 0.29) is 6.04 Å². The zero-order chi connectivity index (χ0) is 24.5. The highest BCUT2D eigenvalue weighted by molar-refractivity contribution is 5.71. The van der Waals surface area contributed by atoms with Crippen LogP contribution in [-0.4, -0.2) is 72.5 Å².